The Balaban J connectivity index is 2.13. The molecule has 1 aliphatic rings. The molecule has 3 nitrogen and oxygen atoms in total. The molecule has 0 unspecified atom stereocenters. The van der Waals surface area contributed by atoms with E-state index < -0.39 is 0 Å². The second-order valence-corrected chi connectivity index (χ2v) is 5.15. The van der Waals surface area contributed by atoms with Crippen molar-refractivity contribution >= 4 is 11.6 Å². The Labute approximate surface area is 103 Å². The van der Waals surface area contributed by atoms with Crippen LogP contribution in [0.2, 0.25) is 0 Å². The summed E-state index contributed by atoms with van der Waals surface area (Å²) in [5.41, 5.74) is 2.84. The molecule has 3 heteroatoms. The molecule has 0 spiro atoms. The number of hydrogen-bond acceptors (Lipinski definition) is 2. The molecule has 0 atom stereocenters. The zero-order chi connectivity index (χ0) is 12.5. The first-order valence-corrected chi connectivity index (χ1v) is 6.15. The van der Waals surface area contributed by atoms with Gasteiger partial charge < -0.3 is 10.6 Å². The van der Waals surface area contributed by atoms with Crippen LogP contribution < -0.4 is 10.6 Å². The van der Waals surface area contributed by atoms with E-state index in [0.29, 0.717) is 0 Å². The highest BCUT2D eigenvalue weighted by Crippen LogP contribution is 2.31. The second-order valence-electron chi connectivity index (χ2n) is 5.15. The van der Waals surface area contributed by atoms with Gasteiger partial charge in [-0.15, -0.1) is 0 Å². The number of nitrogens with one attached hydrogen (secondary N) is 2. The maximum atomic E-state index is 12.1. The monoisotopic (exact) mass is 232 g/mol. The van der Waals surface area contributed by atoms with Gasteiger partial charge in [-0.1, -0.05) is 0 Å². The standard InChI is InChI=1S/C14H20N2O/c1-10-9-11(15-3)5-6-12(10)13(17)16-14(2)7-4-8-14/h5-6,9,15H,4,7-8H2,1-3H3,(H,16,17). The fourth-order valence-electron chi connectivity index (χ4n) is 2.25. The lowest BCUT2D eigenvalue weighted by atomic mass is 9.78. The Hall–Kier alpha value is -1.51. The number of anilines is 1. The first-order chi connectivity index (χ1) is 8.04. The third kappa shape index (κ3) is 2.43. The largest absolute Gasteiger partial charge is 0.388 e. The maximum absolute atomic E-state index is 12.1. The van der Waals surface area contributed by atoms with E-state index in [4.69, 9.17) is 0 Å². The predicted octanol–water partition coefficient (Wildman–Crippen LogP) is 2.71. The van der Waals surface area contributed by atoms with Crippen molar-refractivity contribution in [3.05, 3.63) is 29.3 Å². The molecule has 0 radical (unpaired) electrons. The Morgan fingerprint density at radius 1 is 1.35 bits per heavy atom. The number of amides is 1. The molecule has 1 fully saturated rings. The van der Waals surface area contributed by atoms with E-state index in [1.807, 2.05) is 32.2 Å². The SMILES string of the molecule is CNc1ccc(C(=O)NC2(C)CCC2)c(C)c1. The van der Waals surface area contributed by atoms with Crippen molar-refractivity contribution in [2.75, 3.05) is 12.4 Å². The minimum Gasteiger partial charge on any atom is -0.388 e. The Morgan fingerprint density at radius 2 is 2.06 bits per heavy atom. The van der Waals surface area contributed by atoms with Crippen molar-refractivity contribution in [3.8, 4) is 0 Å². The summed E-state index contributed by atoms with van der Waals surface area (Å²) in [7, 11) is 1.88. The predicted molar refractivity (Wildman–Crippen MR) is 70.4 cm³/mol. The molecule has 2 rings (SSSR count). The Bertz CT molecular complexity index is 436. The normalized spacial score (nSPS) is 17.1. The number of carbonyl (C=O) groups is 1. The van der Waals surface area contributed by atoms with E-state index in [2.05, 4.69) is 17.6 Å². The third-order valence-electron chi connectivity index (χ3n) is 3.63. The highest BCUT2D eigenvalue weighted by atomic mass is 16.1. The summed E-state index contributed by atoms with van der Waals surface area (Å²) < 4.78 is 0. The molecule has 0 saturated heterocycles. The molecule has 1 amide bonds. The summed E-state index contributed by atoms with van der Waals surface area (Å²) in [4.78, 5) is 12.1. The molecule has 0 aliphatic heterocycles. The van der Waals surface area contributed by atoms with Gasteiger partial charge in [-0.25, -0.2) is 0 Å². The first-order valence-electron chi connectivity index (χ1n) is 6.15. The maximum Gasteiger partial charge on any atom is 0.251 e. The zero-order valence-electron chi connectivity index (χ0n) is 10.8. The average Bonchev–Trinajstić information content (AvgIpc) is 2.26. The van der Waals surface area contributed by atoms with Crippen molar-refractivity contribution in [2.45, 2.75) is 38.6 Å². The van der Waals surface area contributed by atoms with Crippen LogP contribution in [0.4, 0.5) is 5.69 Å². The first kappa shape index (κ1) is 12.0. The summed E-state index contributed by atoms with van der Waals surface area (Å²) in [5.74, 6) is 0.0485. The van der Waals surface area contributed by atoms with Crippen molar-refractivity contribution in [1.82, 2.24) is 5.32 Å². The Morgan fingerprint density at radius 3 is 2.53 bits per heavy atom. The van der Waals surface area contributed by atoms with E-state index in [0.717, 1.165) is 29.7 Å². The molecular formula is C14H20N2O. The molecule has 1 aliphatic carbocycles. The fraction of sp³-hybridized carbons (Fsp3) is 0.500. The molecule has 0 aromatic heterocycles. The average molecular weight is 232 g/mol. The number of aryl methyl sites for hydroxylation is 1. The van der Waals surface area contributed by atoms with Gasteiger partial charge in [0.25, 0.3) is 5.91 Å². The van der Waals surface area contributed by atoms with Gasteiger partial charge >= 0.3 is 0 Å². The van der Waals surface area contributed by atoms with E-state index >= 15 is 0 Å². The van der Waals surface area contributed by atoms with E-state index in [1.54, 1.807) is 0 Å². The third-order valence-corrected chi connectivity index (χ3v) is 3.63. The smallest absolute Gasteiger partial charge is 0.251 e. The number of rotatable bonds is 3. The summed E-state index contributed by atoms with van der Waals surface area (Å²) >= 11 is 0. The molecule has 1 aromatic carbocycles. The van der Waals surface area contributed by atoms with Gasteiger partial charge in [-0.3, -0.25) is 4.79 Å². The number of carbonyl (C=O) groups excluding carboxylic acids is 1. The van der Waals surface area contributed by atoms with Gasteiger partial charge in [0.15, 0.2) is 0 Å². The van der Waals surface area contributed by atoms with E-state index in [9.17, 15) is 4.79 Å². The lowest BCUT2D eigenvalue weighted by Crippen LogP contribution is -2.51. The van der Waals surface area contributed by atoms with Gasteiger partial charge in [0, 0.05) is 23.8 Å². The van der Waals surface area contributed by atoms with Crippen LogP contribution in [0.1, 0.15) is 42.1 Å². The van der Waals surface area contributed by atoms with Crippen LogP contribution in [-0.4, -0.2) is 18.5 Å². The quantitative estimate of drug-likeness (QED) is 0.841. The van der Waals surface area contributed by atoms with Crippen LogP contribution in [0.3, 0.4) is 0 Å². The topological polar surface area (TPSA) is 41.1 Å². The van der Waals surface area contributed by atoms with Crippen molar-refractivity contribution in [3.63, 3.8) is 0 Å². The highest BCUT2D eigenvalue weighted by molar-refractivity contribution is 5.96. The molecule has 1 saturated carbocycles. The molecule has 2 N–H and O–H groups in total. The van der Waals surface area contributed by atoms with Crippen molar-refractivity contribution < 1.29 is 4.79 Å². The van der Waals surface area contributed by atoms with Crippen LogP contribution in [0.5, 0.6) is 0 Å². The van der Waals surface area contributed by atoms with Crippen molar-refractivity contribution in [2.24, 2.45) is 0 Å². The highest BCUT2D eigenvalue weighted by Gasteiger charge is 2.33. The van der Waals surface area contributed by atoms with Gasteiger partial charge in [-0.05, 0) is 56.9 Å². The van der Waals surface area contributed by atoms with Crippen LogP contribution in [0.15, 0.2) is 18.2 Å². The zero-order valence-corrected chi connectivity index (χ0v) is 10.8. The minimum absolute atomic E-state index is 0.0190. The molecular weight excluding hydrogens is 212 g/mol. The van der Waals surface area contributed by atoms with Gasteiger partial charge in [0.2, 0.25) is 0 Å². The second kappa shape index (κ2) is 4.40. The number of hydrogen-bond donors (Lipinski definition) is 2. The van der Waals surface area contributed by atoms with Gasteiger partial charge in [-0.2, -0.15) is 0 Å². The molecule has 1 aromatic rings. The Kier molecular flexibility index (Phi) is 3.09. The van der Waals surface area contributed by atoms with Crippen LogP contribution in [0, 0.1) is 6.92 Å². The molecule has 92 valence electrons. The summed E-state index contributed by atoms with van der Waals surface area (Å²) in [6.45, 7) is 4.09. The fourth-order valence-corrected chi connectivity index (χ4v) is 2.25. The van der Waals surface area contributed by atoms with Gasteiger partial charge in [0.05, 0.1) is 0 Å². The molecule has 0 heterocycles. The minimum atomic E-state index is 0.0190. The summed E-state index contributed by atoms with van der Waals surface area (Å²) in [6.07, 6.45) is 3.40. The van der Waals surface area contributed by atoms with Crippen LogP contribution in [-0.2, 0) is 0 Å². The van der Waals surface area contributed by atoms with Gasteiger partial charge in [0.1, 0.15) is 0 Å². The van der Waals surface area contributed by atoms with Crippen LogP contribution >= 0.6 is 0 Å². The lowest BCUT2D eigenvalue weighted by Gasteiger charge is -2.39. The summed E-state index contributed by atoms with van der Waals surface area (Å²) in [6, 6.07) is 5.82. The molecule has 17 heavy (non-hydrogen) atoms. The van der Waals surface area contributed by atoms with Crippen LogP contribution in [0.25, 0.3) is 0 Å². The number of benzene rings is 1. The molecule has 0 bridgehead atoms. The summed E-state index contributed by atoms with van der Waals surface area (Å²) in [5, 5.41) is 6.20. The van der Waals surface area contributed by atoms with E-state index in [-0.39, 0.29) is 11.4 Å². The van der Waals surface area contributed by atoms with E-state index in [1.165, 1.54) is 6.42 Å². The lowest BCUT2D eigenvalue weighted by molar-refractivity contribution is 0.0850. The van der Waals surface area contributed by atoms with Crippen molar-refractivity contribution in [1.29, 1.82) is 0 Å².